The van der Waals surface area contributed by atoms with Gasteiger partial charge in [-0.1, -0.05) is 12.1 Å². The van der Waals surface area contributed by atoms with Crippen molar-refractivity contribution in [2.75, 3.05) is 18.1 Å². The first kappa shape index (κ1) is 11.1. The van der Waals surface area contributed by atoms with E-state index >= 15 is 0 Å². The fourth-order valence-corrected chi connectivity index (χ4v) is 2.14. The third-order valence-corrected chi connectivity index (χ3v) is 3.16. The molecule has 86 valence electrons. The number of carbonyl (C=O) groups is 1. The maximum absolute atomic E-state index is 10.3. The van der Waals surface area contributed by atoms with Gasteiger partial charge < -0.3 is 14.6 Å². The van der Waals surface area contributed by atoms with E-state index in [9.17, 15) is 4.79 Å². The normalized spacial score (nSPS) is 18.1. The maximum Gasteiger partial charge on any atom is 0.313 e. The van der Waals surface area contributed by atoms with Gasteiger partial charge in [0.1, 0.15) is 12.7 Å². The van der Waals surface area contributed by atoms with Gasteiger partial charge in [0.15, 0.2) is 11.5 Å². The summed E-state index contributed by atoms with van der Waals surface area (Å²) < 4.78 is 11.2. The molecule has 1 N–H and O–H groups in total. The molecule has 4 nitrogen and oxygen atoms in total. The average Bonchev–Trinajstić information content (AvgIpc) is 2.28. The minimum atomic E-state index is -0.804. The van der Waals surface area contributed by atoms with Gasteiger partial charge >= 0.3 is 5.97 Å². The molecule has 0 saturated carbocycles. The Labute approximate surface area is 97.6 Å². The molecule has 0 unspecified atom stereocenters. The van der Waals surface area contributed by atoms with Crippen molar-refractivity contribution in [3.05, 3.63) is 24.3 Å². The first-order valence-corrected chi connectivity index (χ1v) is 6.09. The van der Waals surface area contributed by atoms with Gasteiger partial charge in [-0.2, -0.15) is 0 Å². The molecule has 0 amide bonds. The van der Waals surface area contributed by atoms with Crippen molar-refractivity contribution >= 4 is 17.7 Å². The van der Waals surface area contributed by atoms with Gasteiger partial charge in [0.05, 0.1) is 5.75 Å². The third kappa shape index (κ3) is 2.82. The summed E-state index contributed by atoms with van der Waals surface area (Å²) in [6.07, 6.45) is -0.0701. The lowest BCUT2D eigenvalue weighted by molar-refractivity contribution is -0.133. The van der Waals surface area contributed by atoms with Gasteiger partial charge in [-0.05, 0) is 12.1 Å². The minimum absolute atomic E-state index is 0.0701. The standard InChI is InChI=1S/C11H12O4S/c12-11(13)7-16-6-8-5-14-9-3-1-2-4-10(9)15-8/h1-4,8H,5-7H2,(H,12,13)/t8-/m0/s1. The Balaban J connectivity index is 1.86. The Kier molecular flexibility index (Phi) is 3.56. The second-order valence-corrected chi connectivity index (χ2v) is 4.44. The number of hydrogen-bond acceptors (Lipinski definition) is 4. The van der Waals surface area contributed by atoms with Crippen molar-refractivity contribution in [2.45, 2.75) is 6.10 Å². The largest absolute Gasteiger partial charge is 0.486 e. The fourth-order valence-electron chi connectivity index (χ4n) is 1.42. The number of benzene rings is 1. The summed E-state index contributed by atoms with van der Waals surface area (Å²) in [4.78, 5) is 10.3. The molecule has 1 heterocycles. The van der Waals surface area contributed by atoms with Crippen molar-refractivity contribution in [2.24, 2.45) is 0 Å². The SMILES string of the molecule is O=C(O)CSC[C@@H]1COc2ccccc2O1. The molecule has 0 aliphatic carbocycles. The van der Waals surface area contributed by atoms with Gasteiger partial charge in [0, 0.05) is 5.75 Å². The Hall–Kier alpha value is -1.36. The number of ether oxygens (including phenoxy) is 2. The van der Waals surface area contributed by atoms with Crippen LogP contribution in [0.2, 0.25) is 0 Å². The summed E-state index contributed by atoms with van der Waals surface area (Å²) in [6.45, 7) is 0.476. The number of thioether (sulfide) groups is 1. The van der Waals surface area contributed by atoms with Gasteiger partial charge in [0.25, 0.3) is 0 Å². The molecule has 5 heteroatoms. The summed E-state index contributed by atoms with van der Waals surface area (Å²) >= 11 is 1.34. The zero-order chi connectivity index (χ0) is 11.4. The third-order valence-electron chi connectivity index (χ3n) is 2.10. The number of para-hydroxylation sites is 2. The second-order valence-electron chi connectivity index (χ2n) is 3.41. The summed E-state index contributed by atoms with van der Waals surface area (Å²) in [6, 6.07) is 7.48. The van der Waals surface area contributed by atoms with Gasteiger partial charge in [-0.25, -0.2) is 0 Å². The Morgan fingerprint density at radius 3 is 2.94 bits per heavy atom. The number of carboxylic acid groups (broad SMARTS) is 1. The highest BCUT2D eigenvalue weighted by atomic mass is 32.2. The van der Waals surface area contributed by atoms with Gasteiger partial charge in [-0.15, -0.1) is 11.8 Å². The van der Waals surface area contributed by atoms with Crippen LogP contribution in [0.15, 0.2) is 24.3 Å². The van der Waals surface area contributed by atoms with Crippen molar-refractivity contribution in [1.29, 1.82) is 0 Å². The topological polar surface area (TPSA) is 55.8 Å². The smallest absolute Gasteiger partial charge is 0.313 e. The molecule has 2 rings (SSSR count). The van der Waals surface area contributed by atoms with E-state index in [0.29, 0.717) is 12.4 Å². The number of fused-ring (bicyclic) bond motifs is 1. The quantitative estimate of drug-likeness (QED) is 0.867. The first-order valence-electron chi connectivity index (χ1n) is 4.94. The number of rotatable bonds is 4. The zero-order valence-corrected chi connectivity index (χ0v) is 9.40. The molecule has 0 radical (unpaired) electrons. The predicted molar refractivity (Wildman–Crippen MR) is 61.3 cm³/mol. The number of carboxylic acids is 1. The van der Waals surface area contributed by atoms with Crippen molar-refractivity contribution in [3.63, 3.8) is 0 Å². The van der Waals surface area contributed by atoms with Crippen LogP contribution >= 0.6 is 11.8 Å². The van der Waals surface area contributed by atoms with Crippen molar-refractivity contribution in [3.8, 4) is 11.5 Å². The van der Waals surface area contributed by atoms with E-state index < -0.39 is 5.97 Å². The molecular formula is C11H12O4S. The first-order chi connectivity index (χ1) is 7.75. The zero-order valence-electron chi connectivity index (χ0n) is 8.59. The molecule has 0 saturated heterocycles. The van der Waals surface area contributed by atoms with Crippen LogP contribution in [0.3, 0.4) is 0 Å². The van der Waals surface area contributed by atoms with Crippen LogP contribution in [0.1, 0.15) is 0 Å². The van der Waals surface area contributed by atoms with Crippen LogP contribution < -0.4 is 9.47 Å². The van der Waals surface area contributed by atoms with Gasteiger partial charge in [0.2, 0.25) is 0 Å². The van der Waals surface area contributed by atoms with E-state index in [1.807, 2.05) is 24.3 Å². The average molecular weight is 240 g/mol. The van der Waals surface area contributed by atoms with E-state index in [0.717, 1.165) is 11.5 Å². The van der Waals surface area contributed by atoms with E-state index in [-0.39, 0.29) is 11.9 Å². The van der Waals surface area contributed by atoms with Crippen molar-refractivity contribution in [1.82, 2.24) is 0 Å². The Morgan fingerprint density at radius 2 is 2.19 bits per heavy atom. The summed E-state index contributed by atoms with van der Waals surface area (Å²) in [5, 5.41) is 8.51. The Bertz CT molecular complexity index is 380. The van der Waals surface area contributed by atoms with Gasteiger partial charge in [-0.3, -0.25) is 4.79 Å². The minimum Gasteiger partial charge on any atom is -0.486 e. The van der Waals surface area contributed by atoms with Crippen molar-refractivity contribution < 1.29 is 19.4 Å². The lowest BCUT2D eigenvalue weighted by atomic mass is 10.3. The van der Waals surface area contributed by atoms with E-state index in [1.54, 1.807) is 0 Å². The second kappa shape index (κ2) is 5.12. The highest BCUT2D eigenvalue weighted by Crippen LogP contribution is 2.31. The lowest BCUT2D eigenvalue weighted by Gasteiger charge is -2.25. The monoisotopic (exact) mass is 240 g/mol. The van der Waals surface area contributed by atoms with E-state index in [1.165, 1.54) is 11.8 Å². The molecule has 0 spiro atoms. The van der Waals surface area contributed by atoms with Crippen LogP contribution in [-0.2, 0) is 4.79 Å². The lowest BCUT2D eigenvalue weighted by Crippen LogP contribution is -2.31. The molecular weight excluding hydrogens is 228 g/mol. The highest BCUT2D eigenvalue weighted by Gasteiger charge is 2.20. The number of hydrogen-bond donors (Lipinski definition) is 1. The molecule has 1 atom stereocenters. The molecule has 16 heavy (non-hydrogen) atoms. The summed E-state index contributed by atoms with van der Waals surface area (Å²) in [7, 11) is 0. The molecule has 1 aromatic rings. The maximum atomic E-state index is 10.3. The van der Waals surface area contributed by atoms with E-state index in [2.05, 4.69) is 0 Å². The van der Waals surface area contributed by atoms with Crippen LogP contribution in [0.4, 0.5) is 0 Å². The van der Waals surface area contributed by atoms with Crippen LogP contribution in [0, 0.1) is 0 Å². The molecule has 1 aromatic carbocycles. The van der Waals surface area contributed by atoms with Crippen LogP contribution in [0.25, 0.3) is 0 Å². The summed E-state index contributed by atoms with van der Waals surface area (Å²) in [5.74, 6) is 1.40. The molecule has 0 aromatic heterocycles. The number of aliphatic carboxylic acids is 1. The predicted octanol–water partition coefficient (Wildman–Crippen LogP) is 1.64. The molecule has 1 aliphatic rings. The van der Waals surface area contributed by atoms with Crippen LogP contribution in [0.5, 0.6) is 11.5 Å². The molecule has 0 bridgehead atoms. The summed E-state index contributed by atoms with van der Waals surface area (Å²) in [5.41, 5.74) is 0. The van der Waals surface area contributed by atoms with Crippen LogP contribution in [-0.4, -0.2) is 35.3 Å². The Morgan fingerprint density at radius 1 is 1.44 bits per heavy atom. The van der Waals surface area contributed by atoms with E-state index in [4.69, 9.17) is 14.6 Å². The molecule has 1 aliphatic heterocycles. The highest BCUT2D eigenvalue weighted by molar-refractivity contribution is 7.99. The fraction of sp³-hybridized carbons (Fsp3) is 0.364. The molecule has 0 fully saturated rings.